The van der Waals surface area contributed by atoms with Crippen molar-refractivity contribution in [3.8, 4) is 0 Å². The number of rotatable bonds is 4. The van der Waals surface area contributed by atoms with Crippen LogP contribution in [0.3, 0.4) is 0 Å². The molecule has 0 amide bonds. The Morgan fingerprint density at radius 1 is 1.47 bits per heavy atom. The Labute approximate surface area is 102 Å². The Hall–Kier alpha value is -1.07. The number of fused-ring (bicyclic) bond motifs is 1. The quantitative estimate of drug-likeness (QED) is 0.860. The maximum absolute atomic E-state index is 12.1. The summed E-state index contributed by atoms with van der Waals surface area (Å²) in [5.74, 6) is 0. The van der Waals surface area contributed by atoms with Crippen molar-refractivity contribution in [3.05, 3.63) is 23.8 Å². The van der Waals surface area contributed by atoms with Crippen molar-refractivity contribution in [1.29, 1.82) is 0 Å². The first-order chi connectivity index (χ1) is 8.03. The lowest BCUT2D eigenvalue weighted by Gasteiger charge is -2.12. The van der Waals surface area contributed by atoms with E-state index in [1.54, 1.807) is 12.1 Å². The van der Waals surface area contributed by atoms with Gasteiger partial charge in [0, 0.05) is 18.3 Å². The third-order valence-corrected chi connectivity index (χ3v) is 4.65. The molecule has 0 aliphatic carbocycles. The summed E-state index contributed by atoms with van der Waals surface area (Å²) in [5, 5.41) is 3.22. The minimum atomic E-state index is -3.37. The normalized spacial score (nSPS) is 16.4. The molecule has 1 unspecified atom stereocenters. The SMILES string of the molecule is CCC(C)NS(=O)(=O)c1ccc2c(c1)CCN2. The van der Waals surface area contributed by atoms with E-state index in [0.29, 0.717) is 4.90 Å². The number of benzene rings is 1. The van der Waals surface area contributed by atoms with Gasteiger partial charge < -0.3 is 5.32 Å². The molecule has 1 aromatic carbocycles. The number of nitrogens with one attached hydrogen (secondary N) is 2. The predicted octanol–water partition coefficient (Wildman–Crippen LogP) is 1.73. The lowest BCUT2D eigenvalue weighted by atomic mass is 10.2. The average Bonchev–Trinajstić information content (AvgIpc) is 2.75. The van der Waals surface area contributed by atoms with Crippen LogP contribution in [0.5, 0.6) is 0 Å². The highest BCUT2D eigenvalue weighted by Gasteiger charge is 2.19. The Morgan fingerprint density at radius 2 is 2.24 bits per heavy atom. The molecule has 1 heterocycles. The molecule has 1 atom stereocenters. The molecule has 4 nitrogen and oxygen atoms in total. The van der Waals surface area contributed by atoms with Crippen LogP contribution >= 0.6 is 0 Å². The molecular formula is C12H18N2O2S. The van der Waals surface area contributed by atoms with Gasteiger partial charge in [0.1, 0.15) is 0 Å². The monoisotopic (exact) mass is 254 g/mol. The highest BCUT2D eigenvalue weighted by Crippen LogP contribution is 2.25. The van der Waals surface area contributed by atoms with E-state index in [1.165, 1.54) is 0 Å². The Morgan fingerprint density at radius 3 is 2.94 bits per heavy atom. The summed E-state index contributed by atoms with van der Waals surface area (Å²) in [7, 11) is -3.37. The van der Waals surface area contributed by atoms with Crippen molar-refractivity contribution in [2.45, 2.75) is 37.6 Å². The van der Waals surface area contributed by atoms with Crippen LogP contribution in [0.15, 0.2) is 23.1 Å². The summed E-state index contributed by atoms with van der Waals surface area (Å²) in [6.45, 7) is 4.71. The Bertz CT molecular complexity index is 511. The fourth-order valence-electron chi connectivity index (χ4n) is 1.86. The number of hydrogen-bond donors (Lipinski definition) is 2. The first-order valence-electron chi connectivity index (χ1n) is 5.92. The van der Waals surface area contributed by atoms with Gasteiger partial charge in [0.15, 0.2) is 0 Å². The summed E-state index contributed by atoms with van der Waals surface area (Å²) in [6.07, 6.45) is 1.67. The van der Waals surface area contributed by atoms with E-state index in [4.69, 9.17) is 0 Å². The van der Waals surface area contributed by atoms with E-state index >= 15 is 0 Å². The van der Waals surface area contributed by atoms with Crippen molar-refractivity contribution in [3.63, 3.8) is 0 Å². The van der Waals surface area contributed by atoms with E-state index in [9.17, 15) is 8.42 Å². The molecule has 1 aliphatic heterocycles. The van der Waals surface area contributed by atoms with Crippen LogP contribution in [0.25, 0.3) is 0 Å². The van der Waals surface area contributed by atoms with Gasteiger partial charge in [-0.15, -0.1) is 0 Å². The smallest absolute Gasteiger partial charge is 0.240 e. The maximum atomic E-state index is 12.1. The molecule has 17 heavy (non-hydrogen) atoms. The molecule has 0 saturated heterocycles. The Balaban J connectivity index is 2.28. The van der Waals surface area contributed by atoms with Crippen molar-refractivity contribution in [1.82, 2.24) is 4.72 Å². The molecule has 94 valence electrons. The van der Waals surface area contributed by atoms with Crippen LogP contribution < -0.4 is 10.0 Å². The molecule has 0 saturated carbocycles. The molecule has 1 aliphatic rings. The van der Waals surface area contributed by atoms with Gasteiger partial charge in [-0.05, 0) is 43.5 Å². The minimum Gasteiger partial charge on any atom is -0.384 e. The van der Waals surface area contributed by atoms with Crippen molar-refractivity contribution in [2.24, 2.45) is 0 Å². The topological polar surface area (TPSA) is 58.2 Å². The van der Waals surface area contributed by atoms with Crippen LogP contribution in [-0.4, -0.2) is 21.0 Å². The maximum Gasteiger partial charge on any atom is 0.240 e. The number of hydrogen-bond acceptors (Lipinski definition) is 3. The van der Waals surface area contributed by atoms with E-state index < -0.39 is 10.0 Å². The summed E-state index contributed by atoms with van der Waals surface area (Å²) < 4.78 is 26.8. The molecule has 0 aromatic heterocycles. The van der Waals surface area contributed by atoms with Crippen LogP contribution in [0, 0.1) is 0 Å². The van der Waals surface area contributed by atoms with Gasteiger partial charge in [-0.3, -0.25) is 0 Å². The minimum absolute atomic E-state index is 0.0358. The summed E-state index contributed by atoms with van der Waals surface area (Å²) in [4.78, 5) is 0.361. The molecule has 1 aromatic rings. The highest BCUT2D eigenvalue weighted by atomic mass is 32.2. The Kier molecular flexibility index (Phi) is 3.40. The van der Waals surface area contributed by atoms with Gasteiger partial charge in [-0.25, -0.2) is 13.1 Å². The second kappa shape index (κ2) is 4.66. The molecule has 0 spiro atoms. The van der Waals surface area contributed by atoms with Crippen molar-refractivity contribution < 1.29 is 8.42 Å². The van der Waals surface area contributed by atoms with E-state index in [1.807, 2.05) is 19.9 Å². The lowest BCUT2D eigenvalue weighted by molar-refractivity contribution is 0.556. The molecule has 2 N–H and O–H groups in total. The van der Waals surface area contributed by atoms with Crippen LogP contribution in [-0.2, 0) is 16.4 Å². The summed E-state index contributed by atoms with van der Waals surface area (Å²) >= 11 is 0. The first kappa shape index (κ1) is 12.4. The molecule has 0 bridgehead atoms. The summed E-state index contributed by atoms with van der Waals surface area (Å²) in [6, 6.07) is 5.22. The zero-order valence-corrected chi connectivity index (χ0v) is 11.0. The van der Waals surface area contributed by atoms with Crippen LogP contribution in [0.2, 0.25) is 0 Å². The highest BCUT2D eigenvalue weighted by molar-refractivity contribution is 7.89. The van der Waals surface area contributed by atoms with Gasteiger partial charge in [-0.2, -0.15) is 0 Å². The van der Waals surface area contributed by atoms with Gasteiger partial charge in [-0.1, -0.05) is 6.92 Å². The van der Waals surface area contributed by atoms with Gasteiger partial charge in [0.05, 0.1) is 4.90 Å². The predicted molar refractivity (Wildman–Crippen MR) is 68.7 cm³/mol. The van der Waals surface area contributed by atoms with E-state index in [0.717, 1.165) is 30.6 Å². The third kappa shape index (κ3) is 2.61. The van der Waals surface area contributed by atoms with Gasteiger partial charge in [0.25, 0.3) is 0 Å². The lowest BCUT2D eigenvalue weighted by Crippen LogP contribution is -2.32. The number of anilines is 1. The molecule has 2 rings (SSSR count). The number of sulfonamides is 1. The second-order valence-corrected chi connectivity index (χ2v) is 6.14. The molecule has 5 heteroatoms. The largest absolute Gasteiger partial charge is 0.384 e. The fourth-order valence-corrected chi connectivity index (χ4v) is 3.24. The zero-order valence-electron chi connectivity index (χ0n) is 10.2. The van der Waals surface area contributed by atoms with E-state index in [-0.39, 0.29) is 6.04 Å². The molecular weight excluding hydrogens is 236 g/mol. The van der Waals surface area contributed by atoms with Crippen LogP contribution in [0.4, 0.5) is 5.69 Å². The standard InChI is InChI=1S/C12H18N2O2S/c1-3-9(2)14-17(15,16)11-4-5-12-10(8-11)6-7-13-12/h4-5,8-9,13-14H,3,6-7H2,1-2H3. The molecule has 0 fully saturated rings. The first-order valence-corrected chi connectivity index (χ1v) is 7.40. The van der Waals surface area contributed by atoms with Gasteiger partial charge in [0.2, 0.25) is 10.0 Å². The zero-order chi connectivity index (χ0) is 12.5. The van der Waals surface area contributed by atoms with Crippen molar-refractivity contribution >= 4 is 15.7 Å². The van der Waals surface area contributed by atoms with Gasteiger partial charge >= 0.3 is 0 Å². The average molecular weight is 254 g/mol. The summed E-state index contributed by atoms with van der Waals surface area (Å²) in [5.41, 5.74) is 2.13. The van der Waals surface area contributed by atoms with Crippen LogP contribution in [0.1, 0.15) is 25.8 Å². The molecule has 0 radical (unpaired) electrons. The third-order valence-electron chi connectivity index (χ3n) is 3.07. The fraction of sp³-hybridized carbons (Fsp3) is 0.500. The van der Waals surface area contributed by atoms with Crippen molar-refractivity contribution in [2.75, 3.05) is 11.9 Å². The second-order valence-electron chi connectivity index (χ2n) is 4.43. The van der Waals surface area contributed by atoms with E-state index in [2.05, 4.69) is 10.0 Å².